The molecule has 0 aromatic heterocycles. The summed E-state index contributed by atoms with van der Waals surface area (Å²) >= 11 is 0. The van der Waals surface area contributed by atoms with Crippen LogP contribution in [-0.4, -0.2) is 5.78 Å². The Hall–Kier alpha value is -3.43. The van der Waals surface area contributed by atoms with E-state index in [-0.39, 0.29) is 5.78 Å². The molecule has 0 spiro atoms. The van der Waals surface area contributed by atoms with Gasteiger partial charge in [0.25, 0.3) is 0 Å². The minimum absolute atomic E-state index is 0.162. The Morgan fingerprint density at radius 3 is 1.68 bits per heavy atom. The standard InChI is InChI=1S/C19H12N2O/c20-13-17-5-1-3-15(11-17)7-9-19(22)10-8-16-4-2-6-18(12-16)14-21/h1-12H/b9-7+,10-8+. The van der Waals surface area contributed by atoms with Crippen LogP contribution < -0.4 is 0 Å². The Morgan fingerprint density at radius 2 is 1.27 bits per heavy atom. The average molecular weight is 284 g/mol. The molecule has 104 valence electrons. The maximum atomic E-state index is 11.8. The van der Waals surface area contributed by atoms with E-state index in [1.54, 1.807) is 48.6 Å². The summed E-state index contributed by atoms with van der Waals surface area (Å²) in [6.07, 6.45) is 6.22. The topological polar surface area (TPSA) is 64.7 Å². The molecule has 0 heterocycles. The molecule has 0 N–H and O–H groups in total. The maximum Gasteiger partial charge on any atom is 0.178 e. The lowest BCUT2D eigenvalue weighted by Gasteiger charge is -1.94. The van der Waals surface area contributed by atoms with E-state index in [1.165, 1.54) is 12.2 Å². The number of carbonyl (C=O) groups is 1. The van der Waals surface area contributed by atoms with Crippen molar-refractivity contribution in [2.45, 2.75) is 0 Å². The molecule has 2 aromatic carbocycles. The van der Waals surface area contributed by atoms with Crippen LogP contribution in [0.2, 0.25) is 0 Å². The van der Waals surface area contributed by atoms with Crippen molar-refractivity contribution in [2.24, 2.45) is 0 Å². The predicted molar refractivity (Wildman–Crippen MR) is 85.4 cm³/mol. The van der Waals surface area contributed by atoms with Crippen molar-refractivity contribution in [1.29, 1.82) is 10.5 Å². The molecule has 0 amide bonds. The molecule has 0 radical (unpaired) electrons. The zero-order chi connectivity index (χ0) is 15.8. The molecule has 0 atom stereocenters. The number of ketones is 1. The van der Waals surface area contributed by atoms with Crippen molar-refractivity contribution in [3.8, 4) is 12.1 Å². The van der Waals surface area contributed by atoms with Gasteiger partial charge >= 0.3 is 0 Å². The third-order valence-electron chi connectivity index (χ3n) is 2.91. The number of hydrogen-bond acceptors (Lipinski definition) is 3. The Balaban J connectivity index is 2.06. The Bertz CT molecular complexity index is 763. The second-order valence-corrected chi connectivity index (χ2v) is 4.54. The minimum atomic E-state index is -0.162. The van der Waals surface area contributed by atoms with E-state index in [9.17, 15) is 4.79 Å². The number of nitrogens with zero attached hydrogens (tertiary/aromatic N) is 2. The van der Waals surface area contributed by atoms with Gasteiger partial charge in [-0.15, -0.1) is 0 Å². The fourth-order valence-electron chi connectivity index (χ4n) is 1.84. The van der Waals surface area contributed by atoms with Crippen molar-refractivity contribution >= 4 is 17.9 Å². The van der Waals surface area contributed by atoms with Gasteiger partial charge < -0.3 is 0 Å². The van der Waals surface area contributed by atoms with Crippen molar-refractivity contribution in [3.05, 3.63) is 82.9 Å². The molecule has 3 heteroatoms. The van der Waals surface area contributed by atoms with E-state index in [0.29, 0.717) is 11.1 Å². The highest BCUT2D eigenvalue weighted by atomic mass is 16.1. The molecule has 0 saturated heterocycles. The van der Waals surface area contributed by atoms with E-state index in [0.717, 1.165) is 11.1 Å². The highest BCUT2D eigenvalue weighted by Gasteiger charge is 1.94. The van der Waals surface area contributed by atoms with Gasteiger partial charge in [0.1, 0.15) is 0 Å². The van der Waals surface area contributed by atoms with Gasteiger partial charge in [0, 0.05) is 0 Å². The van der Waals surface area contributed by atoms with Crippen LogP contribution in [0.4, 0.5) is 0 Å². The summed E-state index contributed by atoms with van der Waals surface area (Å²) in [6.45, 7) is 0. The van der Waals surface area contributed by atoms with Gasteiger partial charge in [-0.1, -0.05) is 36.4 Å². The second kappa shape index (κ2) is 7.38. The molecule has 0 aliphatic carbocycles. The molecule has 3 nitrogen and oxygen atoms in total. The quantitative estimate of drug-likeness (QED) is 0.803. The van der Waals surface area contributed by atoms with Crippen LogP contribution in [0.3, 0.4) is 0 Å². The molecule has 0 fully saturated rings. The lowest BCUT2D eigenvalue weighted by Crippen LogP contribution is -1.85. The van der Waals surface area contributed by atoms with Gasteiger partial charge in [0.15, 0.2) is 5.78 Å². The third kappa shape index (κ3) is 4.30. The number of hydrogen-bond donors (Lipinski definition) is 0. The van der Waals surface area contributed by atoms with Crippen LogP contribution >= 0.6 is 0 Å². The average Bonchev–Trinajstić information content (AvgIpc) is 2.58. The van der Waals surface area contributed by atoms with Crippen LogP contribution in [-0.2, 0) is 4.79 Å². The molecule has 0 aliphatic rings. The molecular weight excluding hydrogens is 272 g/mol. The summed E-state index contributed by atoms with van der Waals surface area (Å²) in [5.74, 6) is -0.162. The van der Waals surface area contributed by atoms with E-state index in [1.807, 2.05) is 12.1 Å². The molecule has 2 aromatic rings. The Morgan fingerprint density at radius 1 is 0.818 bits per heavy atom. The number of rotatable bonds is 4. The van der Waals surface area contributed by atoms with Crippen LogP contribution in [0.5, 0.6) is 0 Å². The summed E-state index contributed by atoms with van der Waals surface area (Å²) in [4.78, 5) is 11.8. The summed E-state index contributed by atoms with van der Waals surface area (Å²) < 4.78 is 0. The highest BCUT2D eigenvalue weighted by Crippen LogP contribution is 2.08. The molecule has 0 aliphatic heterocycles. The molecule has 22 heavy (non-hydrogen) atoms. The molecule has 0 unspecified atom stereocenters. The summed E-state index contributed by atoms with van der Waals surface area (Å²) in [5.41, 5.74) is 2.71. The number of nitriles is 2. The first-order chi connectivity index (χ1) is 10.7. The van der Waals surface area contributed by atoms with E-state index in [4.69, 9.17) is 10.5 Å². The normalized spacial score (nSPS) is 10.5. The van der Waals surface area contributed by atoms with Gasteiger partial charge in [0.2, 0.25) is 0 Å². The fraction of sp³-hybridized carbons (Fsp3) is 0. The first-order valence-electron chi connectivity index (χ1n) is 6.62. The van der Waals surface area contributed by atoms with Crippen molar-refractivity contribution in [3.63, 3.8) is 0 Å². The zero-order valence-electron chi connectivity index (χ0n) is 11.7. The van der Waals surface area contributed by atoms with Crippen molar-refractivity contribution in [1.82, 2.24) is 0 Å². The second-order valence-electron chi connectivity index (χ2n) is 4.54. The van der Waals surface area contributed by atoms with Crippen LogP contribution in [0, 0.1) is 22.7 Å². The van der Waals surface area contributed by atoms with Gasteiger partial charge in [-0.2, -0.15) is 10.5 Å². The number of benzene rings is 2. The summed E-state index contributed by atoms with van der Waals surface area (Å²) in [7, 11) is 0. The first-order valence-corrected chi connectivity index (χ1v) is 6.62. The highest BCUT2D eigenvalue weighted by molar-refractivity contribution is 6.04. The van der Waals surface area contributed by atoms with Gasteiger partial charge in [-0.05, 0) is 47.5 Å². The van der Waals surface area contributed by atoms with Crippen LogP contribution in [0.15, 0.2) is 60.7 Å². The monoisotopic (exact) mass is 284 g/mol. The summed E-state index contributed by atoms with van der Waals surface area (Å²) in [5, 5.41) is 17.6. The largest absolute Gasteiger partial charge is 0.290 e. The zero-order valence-corrected chi connectivity index (χ0v) is 11.7. The molecule has 0 bridgehead atoms. The van der Waals surface area contributed by atoms with Gasteiger partial charge in [-0.3, -0.25) is 4.79 Å². The first kappa shape index (κ1) is 15.0. The van der Waals surface area contributed by atoms with Crippen molar-refractivity contribution < 1.29 is 4.79 Å². The van der Waals surface area contributed by atoms with Crippen LogP contribution in [0.25, 0.3) is 12.2 Å². The SMILES string of the molecule is N#Cc1cccc(/C=C/C(=O)/C=C/c2cccc(C#N)c2)c1. The number of allylic oxidation sites excluding steroid dienone is 2. The van der Waals surface area contributed by atoms with E-state index in [2.05, 4.69) is 12.1 Å². The predicted octanol–water partition coefficient (Wildman–Crippen LogP) is 3.73. The maximum absolute atomic E-state index is 11.8. The van der Waals surface area contributed by atoms with Gasteiger partial charge in [-0.25, -0.2) is 0 Å². The van der Waals surface area contributed by atoms with E-state index < -0.39 is 0 Å². The van der Waals surface area contributed by atoms with E-state index >= 15 is 0 Å². The molecule has 0 saturated carbocycles. The lowest BCUT2D eigenvalue weighted by molar-refractivity contribution is -0.110. The van der Waals surface area contributed by atoms with Gasteiger partial charge in [0.05, 0.1) is 23.3 Å². The lowest BCUT2D eigenvalue weighted by atomic mass is 10.1. The molecule has 2 rings (SSSR count). The Kier molecular flexibility index (Phi) is 5.02. The van der Waals surface area contributed by atoms with Crippen LogP contribution in [0.1, 0.15) is 22.3 Å². The fourth-order valence-corrected chi connectivity index (χ4v) is 1.84. The molecular formula is C19H12N2O. The smallest absolute Gasteiger partial charge is 0.178 e. The number of carbonyl (C=O) groups excluding carboxylic acids is 1. The minimum Gasteiger partial charge on any atom is -0.290 e. The van der Waals surface area contributed by atoms with Crippen molar-refractivity contribution in [2.75, 3.05) is 0 Å². The summed E-state index contributed by atoms with van der Waals surface area (Å²) in [6, 6.07) is 18.1. The Labute approximate surface area is 129 Å². The third-order valence-corrected chi connectivity index (χ3v) is 2.91.